The van der Waals surface area contributed by atoms with Gasteiger partial charge in [0.2, 0.25) is 5.90 Å². The molecule has 0 bridgehead atoms. The summed E-state index contributed by atoms with van der Waals surface area (Å²) in [5.74, 6) is 0.784. The number of rotatable bonds is 1. The molecule has 0 spiro atoms. The third kappa shape index (κ3) is 2.30. The standard InChI is InChI=1S/C12H16ClNOSi/c1-9-8-14-12(15-16(9,2)3)10-4-6-11(13)7-5-10/h4-7,9H,8H2,1-3H3. The lowest BCUT2D eigenvalue weighted by Crippen LogP contribution is -2.42. The second kappa shape index (κ2) is 4.22. The van der Waals surface area contributed by atoms with Crippen LogP contribution in [0.1, 0.15) is 12.5 Å². The highest BCUT2D eigenvalue weighted by molar-refractivity contribution is 6.74. The first-order valence-corrected chi connectivity index (χ1v) is 8.85. The van der Waals surface area contributed by atoms with E-state index < -0.39 is 8.32 Å². The van der Waals surface area contributed by atoms with E-state index >= 15 is 0 Å². The van der Waals surface area contributed by atoms with Crippen LogP contribution in [0, 0.1) is 0 Å². The Morgan fingerprint density at radius 2 is 1.94 bits per heavy atom. The van der Waals surface area contributed by atoms with Gasteiger partial charge in [0.25, 0.3) is 8.32 Å². The van der Waals surface area contributed by atoms with Crippen molar-refractivity contribution in [2.75, 3.05) is 6.54 Å². The summed E-state index contributed by atoms with van der Waals surface area (Å²) in [6, 6.07) is 7.66. The third-order valence-electron chi connectivity index (χ3n) is 3.15. The van der Waals surface area contributed by atoms with E-state index in [4.69, 9.17) is 16.0 Å². The van der Waals surface area contributed by atoms with Gasteiger partial charge in [0.15, 0.2) is 0 Å². The summed E-state index contributed by atoms with van der Waals surface area (Å²) in [5, 5.41) is 0.741. The smallest absolute Gasteiger partial charge is 0.251 e. The number of aliphatic imine (C=N–C) groups is 1. The largest absolute Gasteiger partial charge is 0.531 e. The van der Waals surface area contributed by atoms with Gasteiger partial charge in [-0.2, -0.15) is 0 Å². The molecule has 16 heavy (non-hydrogen) atoms. The van der Waals surface area contributed by atoms with Crippen LogP contribution in [0.25, 0.3) is 0 Å². The lowest BCUT2D eigenvalue weighted by atomic mass is 10.2. The fourth-order valence-corrected chi connectivity index (χ4v) is 3.10. The van der Waals surface area contributed by atoms with E-state index in [0.29, 0.717) is 5.54 Å². The summed E-state index contributed by atoms with van der Waals surface area (Å²) in [6.07, 6.45) is 0. The topological polar surface area (TPSA) is 21.6 Å². The normalized spacial score (nSPS) is 23.5. The van der Waals surface area contributed by atoms with E-state index in [-0.39, 0.29) is 0 Å². The van der Waals surface area contributed by atoms with Gasteiger partial charge >= 0.3 is 0 Å². The Hall–Kier alpha value is -0.803. The molecule has 0 aromatic heterocycles. The Bertz CT molecular complexity index is 414. The molecule has 1 unspecified atom stereocenters. The highest BCUT2D eigenvalue weighted by Gasteiger charge is 2.36. The Balaban J connectivity index is 2.26. The molecule has 4 heteroatoms. The summed E-state index contributed by atoms with van der Waals surface area (Å²) in [4.78, 5) is 4.49. The molecule has 1 aromatic rings. The minimum absolute atomic E-state index is 0.573. The number of benzene rings is 1. The molecule has 0 saturated heterocycles. The van der Waals surface area contributed by atoms with Crippen molar-refractivity contribution in [2.45, 2.75) is 25.6 Å². The van der Waals surface area contributed by atoms with Crippen LogP contribution in [0.15, 0.2) is 29.3 Å². The highest BCUT2D eigenvalue weighted by atomic mass is 35.5. The summed E-state index contributed by atoms with van der Waals surface area (Å²) in [7, 11) is -1.62. The van der Waals surface area contributed by atoms with Crippen molar-refractivity contribution in [2.24, 2.45) is 4.99 Å². The molecule has 1 aliphatic rings. The maximum Gasteiger partial charge on any atom is 0.251 e. The first kappa shape index (κ1) is 11.7. The van der Waals surface area contributed by atoms with E-state index in [1.165, 1.54) is 0 Å². The Kier molecular flexibility index (Phi) is 3.08. The molecule has 86 valence electrons. The van der Waals surface area contributed by atoms with Gasteiger partial charge < -0.3 is 4.43 Å². The first-order valence-electron chi connectivity index (χ1n) is 5.48. The van der Waals surface area contributed by atoms with Crippen LogP contribution >= 0.6 is 11.6 Å². The average molecular weight is 254 g/mol. The molecule has 0 fully saturated rings. The molecule has 1 aromatic carbocycles. The van der Waals surface area contributed by atoms with Crippen molar-refractivity contribution in [3.05, 3.63) is 34.9 Å². The Labute approximate surface area is 102 Å². The van der Waals surface area contributed by atoms with Gasteiger partial charge in [0, 0.05) is 22.7 Å². The van der Waals surface area contributed by atoms with Crippen molar-refractivity contribution < 1.29 is 4.43 Å². The molecule has 0 radical (unpaired) electrons. The molecule has 1 aliphatic heterocycles. The van der Waals surface area contributed by atoms with Crippen LogP contribution in [0.5, 0.6) is 0 Å². The minimum Gasteiger partial charge on any atom is -0.531 e. The molecule has 2 rings (SSSR count). The molecule has 0 amide bonds. The fraction of sp³-hybridized carbons (Fsp3) is 0.417. The molecular weight excluding hydrogens is 238 g/mol. The van der Waals surface area contributed by atoms with Crippen LogP contribution in [0.2, 0.25) is 23.7 Å². The molecule has 1 heterocycles. The van der Waals surface area contributed by atoms with Gasteiger partial charge in [0.1, 0.15) is 0 Å². The first-order chi connectivity index (χ1) is 7.49. The van der Waals surface area contributed by atoms with E-state index in [2.05, 4.69) is 25.0 Å². The lowest BCUT2D eigenvalue weighted by Gasteiger charge is -2.34. The summed E-state index contributed by atoms with van der Waals surface area (Å²) in [5.41, 5.74) is 1.60. The zero-order valence-electron chi connectivity index (χ0n) is 9.83. The zero-order chi connectivity index (χ0) is 11.8. The molecular formula is C12H16ClNOSi. The number of hydrogen-bond donors (Lipinski definition) is 0. The molecule has 2 nitrogen and oxygen atoms in total. The Morgan fingerprint density at radius 1 is 1.31 bits per heavy atom. The van der Waals surface area contributed by atoms with Crippen molar-refractivity contribution in [1.29, 1.82) is 0 Å². The summed E-state index contributed by atoms with van der Waals surface area (Å²) >= 11 is 5.86. The van der Waals surface area contributed by atoms with Crippen molar-refractivity contribution in [1.82, 2.24) is 0 Å². The molecule has 0 saturated carbocycles. The average Bonchev–Trinajstić information content (AvgIpc) is 2.23. The molecule has 1 atom stereocenters. The van der Waals surface area contributed by atoms with E-state index in [1.54, 1.807) is 0 Å². The highest BCUT2D eigenvalue weighted by Crippen LogP contribution is 2.28. The zero-order valence-corrected chi connectivity index (χ0v) is 11.6. The predicted octanol–water partition coefficient (Wildman–Crippen LogP) is 3.71. The van der Waals surface area contributed by atoms with Crippen molar-refractivity contribution in [3.8, 4) is 0 Å². The third-order valence-corrected chi connectivity index (χ3v) is 6.67. The fourth-order valence-electron chi connectivity index (χ4n) is 1.56. The SMILES string of the molecule is CC1CN=C(c2ccc(Cl)cc2)O[Si]1(C)C. The maximum atomic E-state index is 6.06. The second-order valence-corrected chi connectivity index (χ2v) is 9.59. The molecule has 0 aliphatic carbocycles. The predicted molar refractivity (Wildman–Crippen MR) is 70.8 cm³/mol. The Morgan fingerprint density at radius 3 is 2.50 bits per heavy atom. The summed E-state index contributed by atoms with van der Waals surface area (Å²) in [6.45, 7) is 7.57. The van der Waals surface area contributed by atoms with Crippen LogP contribution in [-0.4, -0.2) is 20.8 Å². The van der Waals surface area contributed by atoms with Crippen molar-refractivity contribution >= 4 is 25.8 Å². The lowest BCUT2D eigenvalue weighted by molar-refractivity contribution is 0.498. The second-order valence-electron chi connectivity index (χ2n) is 4.76. The van der Waals surface area contributed by atoms with Crippen LogP contribution in [0.3, 0.4) is 0 Å². The van der Waals surface area contributed by atoms with Crippen LogP contribution < -0.4 is 0 Å². The molecule has 0 N–H and O–H groups in total. The van der Waals surface area contributed by atoms with Crippen molar-refractivity contribution in [3.63, 3.8) is 0 Å². The van der Waals surface area contributed by atoms with Crippen LogP contribution in [-0.2, 0) is 4.43 Å². The van der Waals surface area contributed by atoms with Gasteiger partial charge in [-0.05, 0) is 37.4 Å². The van der Waals surface area contributed by atoms with Crippen LogP contribution in [0.4, 0.5) is 0 Å². The number of hydrogen-bond acceptors (Lipinski definition) is 2. The monoisotopic (exact) mass is 253 g/mol. The number of halogens is 1. The van der Waals surface area contributed by atoms with E-state index in [1.807, 2.05) is 24.3 Å². The quantitative estimate of drug-likeness (QED) is 0.700. The summed E-state index contributed by atoms with van der Waals surface area (Å²) < 4.78 is 6.06. The minimum atomic E-state index is -1.62. The van der Waals surface area contributed by atoms with E-state index in [0.717, 1.165) is 23.0 Å². The van der Waals surface area contributed by atoms with Gasteiger partial charge in [-0.15, -0.1) is 0 Å². The number of nitrogens with zero attached hydrogens (tertiary/aromatic N) is 1. The van der Waals surface area contributed by atoms with E-state index in [9.17, 15) is 0 Å². The van der Waals surface area contributed by atoms with Gasteiger partial charge in [-0.3, -0.25) is 4.99 Å². The maximum absolute atomic E-state index is 6.06. The van der Waals surface area contributed by atoms with Gasteiger partial charge in [0.05, 0.1) is 0 Å². The van der Waals surface area contributed by atoms with Gasteiger partial charge in [-0.25, -0.2) is 0 Å². The van der Waals surface area contributed by atoms with Gasteiger partial charge in [-0.1, -0.05) is 18.5 Å².